The van der Waals surface area contributed by atoms with Crippen molar-refractivity contribution in [3.05, 3.63) is 83.6 Å². The van der Waals surface area contributed by atoms with Crippen LogP contribution < -0.4 is 5.32 Å². The largest absolute Gasteiger partial charge is 0.448 e. The van der Waals surface area contributed by atoms with E-state index in [0.29, 0.717) is 24.9 Å². The van der Waals surface area contributed by atoms with Crippen LogP contribution in [0.4, 0.5) is 4.79 Å². The lowest BCUT2D eigenvalue weighted by Gasteiger charge is -2.32. The first-order valence-electron chi connectivity index (χ1n) is 19.1. The highest BCUT2D eigenvalue weighted by Crippen LogP contribution is 2.72. The molecule has 11 rings (SSSR count). The molecule has 12 nitrogen and oxygen atoms in total. The van der Waals surface area contributed by atoms with Crippen LogP contribution in [0.2, 0.25) is 0 Å². The van der Waals surface area contributed by atoms with E-state index in [1.165, 1.54) is 0 Å². The third kappa shape index (κ3) is 4.85. The van der Waals surface area contributed by atoms with Crippen molar-refractivity contribution in [2.45, 2.75) is 94.0 Å². The van der Waals surface area contributed by atoms with Crippen molar-refractivity contribution in [1.82, 2.24) is 30.5 Å². The summed E-state index contributed by atoms with van der Waals surface area (Å²) in [6.45, 7) is 3.44. The van der Waals surface area contributed by atoms with Gasteiger partial charge in [0.25, 0.3) is 0 Å². The monoisotopic (exact) mass is 702 g/mol. The first-order chi connectivity index (χ1) is 25.6. The summed E-state index contributed by atoms with van der Waals surface area (Å²) >= 11 is 0. The molecule has 1 N–H and O–H groups in total. The molecule has 4 saturated carbocycles. The second kappa shape index (κ2) is 11.4. The SMILES string of the molecule is O=C(OCc1ccccc1[C@@]1(c2nc(-c3conc3C3CC3)co2)CC12CCNCC2)N1CCC2(CC1)C[C@H]2c1nc(-c2conc2C2CC2)co1. The second-order valence-corrected chi connectivity index (χ2v) is 16.3. The minimum atomic E-state index is -0.390. The van der Waals surface area contributed by atoms with E-state index in [1.54, 1.807) is 25.1 Å². The lowest BCUT2D eigenvalue weighted by molar-refractivity contribution is 0.0784. The summed E-state index contributed by atoms with van der Waals surface area (Å²) in [6.07, 6.45) is 17.0. The average Bonchev–Trinajstić information content (AvgIpc) is 4.17. The number of hydrogen-bond donors (Lipinski definition) is 1. The number of aromatic nitrogens is 4. The Labute approximate surface area is 300 Å². The first kappa shape index (κ1) is 30.9. The van der Waals surface area contributed by atoms with E-state index >= 15 is 0 Å². The Bertz CT molecular complexity index is 2140. The zero-order valence-corrected chi connectivity index (χ0v) is 29.1. The average molecular weight is 703 g/mol. The van der Waals surface area contributed by atoms with Gasteiger partial charge in [-0.3, -0.25) is 0 Å². The van der Waals surface area contributed by atoms with Crippen LogP contribution in [-0.4, -0.2) is 57.5 Å². The van der Waals surface area contributed by atoms with Crippen molar-refractivity contribution in [1.29, 1.82) is 0 Å². The van der Waals surface area contributed by atoms with E-state index in [1.807, 2.05) is 11.0 Å². The Morgan fingerprint density at radius 3 is 2.23 bits per heavy atom. The van der Waals surface area contributed by atoms with Crippen molar-refractivity contribution in [3.63, 3.8) is 0 Å². The number of oxazole rings is 2. The van der Waals surface area contributed by atoms with Crippen LogP contribution in [0.5, 0.6) is 0 Å². The number of piperidine rings is 2. The topological polar surface area (TPSA) is 146 Å². The fourth-order valence-corrected chi connectivity index (χ4v) is 9.79. The van der Waals surface area contributed by atoms with Crippen LogP contribution >= 0.6 is 0 Å². The molecule has 1 amide bonds. The van der Waals surface area contributed by atoms with E-state index in [4.69, 9.17) is 32.6 Å². The van der Waals surface area contributed by atoms with Gasteiger partial charge in [0.15, 0.2) is 5.89 Å². The molecule has 5 aromatic rings. The maximum atomic E-state index is 13.6. The van der Waals surface area contributed by atoms with Crippen molar-refractivity contribution in [2.75, 3.05) is 26.2 Å². The predicted octanol–water partition coefficient (Wildman–Crippen LogP) is 7.69. The lowest BCUT2D eigenvalue weighted by atomic mass is 9.78. The molecular formula is C40H42N6O6. The molecule has 2 saturated heterocycles. The zero-order valence-electron chi connectivity index (χ0n) is 29.1. The van der Waals surface area contributed by atoms with Gasteiger partial charge in [-0.2, -0.15) is 0 Å². The number of carbonyl (C=O) groups excluding carboxylic acids is 1. The van der Waals surface area contributed by atoms with Gasteiger partial charge >= 0.3 is 6.09 Å². The number of amides is 1. The number of hydrogen-bond acceptors (Lipinski definition) is 11. The molecule has 2 spiro atoms. The van der Waals surface area contributed by atoms with Crippen LogP contribution in [-0.2, 0) is 16.8 Å². The van der Waals surface area contributed by atoms with E-state index < -0.39 is 0 Å². The smallest absolute Gasteiger partial charge is 0.410 e. The molecule has 6 fully saturated rings. The van der Waals surface area contributed by atoms with Gasteiger partial charge < -0.3 is 32.8 Å². The Balaban J connectivity index is 0.780. The molecule has 12 heteroatoms. The summed E-state index contributed by atoms with van der Waals surface area (Å²) in [5.41, 5.74) is 7.35. The van der Waals surface area contributed by atoms with Gasteiger partial charge in [0.05, 0.1) is 27.9 Å². The maximum Gasteiger partial charge on any atom is 0.410 e. The number of likely N-dealkylation sites (tertiary alicyclic amines) is 1. The van der Waals surface area contributed by atoms with Crippen molar-refractivity contribution in [2.24, 2.45) is 10.8 Å². The molecule has 2 atom stereocenters. The highest BCUT2D eigenvalue weighted by molar-refractivity contribution is 5.68. The number of carbonyl (C=O) groups is 1. The standard InChI is InChI=1S/C40H42N6O6/c47-37(46-15-11-38(12-16-46)17-30(38)35-42-31(21-48-35)27-19-51-44-33(27)24-5-6-24)50-18-26-3-1-2-4-29(26)40(23-39(40)9-13-41-14-10-39)36-43-32(22-49-36)28-20-52-45-34(28)25-7-8-25/h1-4,19-22,24-25,30,41H,5-18,23H2/t30-,40+/m0/s1. The minimum absolute atomic E-state index is 0.0367. The number of ether oxygens (including phenoxy) is 1. The van der Waals surface area contributed by atoms with Crippen LogP contribution in [0.1, 0.15) is 116 Å². The fraction of sp³-hybridized carbons (Fsp3) is 0.525. The molecular weight excluding hydrogens is 660 g/mol. The normalized spacial score (nSPS) is 25.8. The van der Waals surface area contributed by atoms with Gasteiger partial charge in [-0.05, 0) is 99.3 Å². The summed E-state index contributed by atoms with van der Waals surface area (Å²) < 4.78 is 29.2. The Morgan fingerprint density at radius 2 is 1.52 bits per heavy atom. The summed E-state index contributed by atoms with van der Waals surface area (Å²) in [7, 11) is 0. The molecule has 6 aliphatic rings. The van der Waals surface area contributed by atoms with Gasteiger partial charge in [-0.15, -0.1) is 0 Å². The van der Waals surface area contributed by atoms with Gasteiger partial charge in [-0.25, -0.2) is 14.8 Å². The molecule has 0 unspecified atom stereocenters. The highest BCUT2D eigenvalue weighted by atomic mass is 16.6. The van der Waals surface area contributed by atoms with Gasteiger partial charge in [0.2, 0.25) is 5.89 Å². The molecule has 1 aromatic carbocycles. The number of benzene rings is 1. The fourth-order valence-electron chi connectivity index (χ4n) is 9.79. The van der Waals surface area contributed by atoms with Crippen molar-refractivity contribution >= 4 is 6.09 Å². The number of nitrogens with one attached hydrogen (secondary N) is 1. The first-order valence-corrected chi connectivity index (χ1v) is 19.1. The van der Waals surface area contributed by atoms with Crippen LogP contribution in [0.15, 0.2) is 67.2 Å². The molecule has 6 heterocycles. The zero-order chi connectivity index (χ0) is 34.5. The number of rotatable bonds is 9. The van der Waals surface area contributed by atoms with Gasteiger partial charge in [0.1, 0.15) is 43.0 Å². The predicted molar refractivity (Wildman–Crippen MR) is 185 cm³/mol. The summed E-state index contributed by atoms with van der Waals surface area (Å²) in [4.78, 5) is 25.4. The summed E-state index contributed by atoms with van der Waals surface area (Å²) in [5, 5.41) is 12.1. The van der Waals surface area contributed by atoms with E-state index in [0.717, 1.165) is 134 Å². The van der Waals surface area contributed by atoms with Gasteiger partial charge in [-0.1, -0.05) is 34.6 Å². The van der Waals surface area contributed by atoms with Gasteiger partial charge in [0, 0.05) is 30.8 Å². The Hall–Kier alpha value is -4.71. The number of nitrogens with zero attached hydrogens (tertiary/aromatic N) is 5. The molecule has 4 aromatic heterocycles. The third-order valence-electron chi connectivity index (χ3n) is 13.3. The molecule has 0 radical (unpaired) electrons. The molecule has 0 bridgehead atoms. The summed E-state index contributed by atoms with van der Waals surface area (Å²) in [5.74, 6) is 2.71. The van der Waals surface area contributed by atoms with Crippen LogP contribution in [0.3, 0.4) is 0 Å². The molecule has 4 aliphatic carbocycles. The van der Waals surface area contributed by atoms with Crippen molar-refractivity contribution in [3.8, 4) is 22.5 Å². The van der Waals surface area contributed by atoms with Crippen molar-refractivity contribution < 1.29 is 27.4 Å². The van der Waals surface area contributed by atoms with E-state index in [-0.39, 0.29) is 34.9 Å². The second-order valence-electron chi connectivity index (χ2n) is 16.3. The third-order valence-corrected chi connectivity index (χ3v) is 13.3. The lowest BCUT2D eigenvalue weighted by Crippen LogP contribution is -2.39. The van der Waals surface area contributed by atoms with Crippen LogP contribution in [0.25, 0.3) is 22.5 Å². The van der Waals surface area contributed by atoms with E-state index in [9.17, 15) is 4.79 Å². The van der Waals surface area contributed by atoms with E-state index in [2.05, 4.69) is 33.8 Å². The molecule has 268 valence electrons. The summed E-state index contributed by atoms with van der Waals surface area (Å²) in [6, 6.07) is 8.38. The highest BCUT2D eigenvalue weighted by Gasteiger charge is 2.71. The Morgan fingerprint density at radius 1 is 0.846 bits per heavy atom. The molecule has 2 aliphatic heterocycles. The quantitative estimate of drug-likeness (QED) is 0.161. The molecule has 52 heavy (non-hydrogen) atoms. The maximum absolute atomic E-state index is 13.6. The minimum Gasteiger partial charge on any atom is -0.448 e. The van der Waals surface area contributed by atoms with Crippen LogP contribution in [0, 0.1) is 10.8 Å². The Kier molecular flexibility index (Phi) is 6.76.